The highest BCUT2D eigenvalue weighted by molar-refractivity contribution is 7.16. The average Bonchev–Trinajstić information content (AvgIpc) is 3.32. The fourth-order valence-corrected chi connectivity index (χ4v) is 3.75. The minimum Gasteiger partial charge on any atom is -0.507 e. The third-order valence-electron chi connectivity index (χ3n) is 4.23. The maximum Gasteiger partial charge on any atom is 0.269 e. The number of fused-ring (bicyclic) bond motifs is 1. The number of pyridine rings is 1. The van der Waals surface area contributed by atoms with E-state index in [1.165, 1.54) is 28.0 Å². The number of aliphatic hydroxyl groups is 1. The molecule has 0 atom stereocenters. The number of anilines is 1. The second-order valence-corrected chi connectivity index (χ2v) is 7.03. The number of hydrogen-bond donors (Lipinski definition) is 1. The molecule has 1 aliphatic carbocycles. The zero-order valence-electron chi connectivity index (χ0n) is 13.8. The second kappa shape index (κ2) is 5.70. The van der Waals surface area contributed by atoms with Gasteiger partial charge in [-0.2, -0.15) is 0 Å². The smallest absolute Gasteiger partial charge is 0.269 e. The van der Waals surface area contributed by atoms with Gasteiger partial charge in [0.05, 0.1) is 16.9 Å². The molecule has 4 rings (SSSR count). The molecule has 2 aromatic heterocycles. The first-order chi connectivity index (χ1) is 12.0. The Bertz CT molecular complexity index is 1060. The van der Waals surface area contributed by atoms with E-state index in [-0.39, 0.29) is 22.7 Å². The summed E-state index contributed by atoms with van der Waals surface area (Å²) in [6.45, 7) is 0. The van der Waals surface area contributed by atoms with Crippen molar-refractivity contribution < 1.29 is 9.50 Å². The molecule has 0 unspecified atom stereocenters. The summed E-state index contributed by atoms with van der Waals surface area (Å²) in [6, 6.07) is 5.73. The van der Waals surface area contributed by atoms with E-state index in [2.05, 4.69) is 4.98 Å². The van der Waals surface area contributed by atoms with Gasteiger partial charge < -0.3 is 10.0 Å². The van der Waals surface area contributed by atoms with Gasteiger partial charge in [-0.25, -0.2) is 9.37 Å². The van der Waals surface area contributed by atoms with Crippen molar-refractivity contribution in [2.75, 3.05) is 19.0 Å². The number of nitrogens with zero attached hydrogens (tertiary/aromatic N) is 3. The molecule has 0 radical (unpaired) electrons. The highest BCUT2D eigenvalue weighted by Gasteiger charge is 2.28. The Hall–Kier alpha value is -2.67. The Labute approximate surface area is 147 Å². The fourth-order valence-electron chi connectivity index (χ4n) is 2.93. The van der Waals surface area contributed by atoms with Crippen molar-refractivity contribution in [3.63, 3.8) is 0 Å². The van der Waals surface area contributed by atoms with Gasteiger partial charge in [-0.3, -0.25) is 9.36 Å². The number of aromatic nitrogens is 2. The highest BCUT2D eigenvalue weighted by Crippen LogP contribution is 2.39. The molecule has 0 spiro atoms. The van der Waals surface area contributed by atoms with Crippen LogP contribution in [0.1, 0.15) is 18.4 Å². The van der Waals surface area contributed by atoms with Crippen LogP contribution in [0.2, 0.25) is 0 Å². The first-order valence-corrected chi connectivity index (χ1v) is 8.74. The van der Waals surface area contributed by atoms with Gasteiger partial charge in [-0.1, -0.05) is 0 Å². The summed E-state index contributed by atoms with van der Waals surface area (Å²) in [4.78, 5) is 20.2. The zero-order valence-corrected chi connectivity index (χ0v) is 14.6. The number of hydrogen-bond acceptors (Lipinski definition) is 5. The summed E-state index contributed by atoms with van der Waals surface area (Å²) in [6.07, 6.45) is 1.59. The second-order valence-electron chi connectivity index (χ2n) is 6.19. The van der Waals surface area contributed by atoms with Crippen LogP contribution >= 0.6 is 11.3 Å². The van der Waals surface area contributed by atoms with Crippen molar-refractivity contribution in [3.8, 4) is 5.69 Å². The summed E-state index contributed by atoms with van der Waals surface area (Å²) in [5.41, 5.74) is 4.26. The van der Waals surface area contributed by atoms with Crippen LogP contribution < -0.4 is 10.5 Å². The lowest BCUT2D eigenvalue weighted by atomic mass is 10.1. The van der Waals surface area contributed by atoms with Crippen LogP contribution in [0.5, 0.6) is 0 Å². The molecular formula is C18H16FN3O2S. The molecule has 5 nitrogen and oxygen atoms in total. The molecule has 0 aliphatic heterocycles. The zero-order chi connectivity index (χ0) is 17.7. The van der Waals surface area contributed by atoms with E-state index >= 15 is 0 Å². The lowest BCUT2D eigenvalue weighted by Gasteiger charge is -2.20. The van der Waals surface area contributed by atoms with E-state index in [0.717, 1.165) is 18.4 Å². The van der Waals surface area contributed by atoms with Gasteiger partial charge in [-0.05, 0) is 42.7 Å². The minimum absolute atomic E-state index is 0.0412. The third kappa shape index (κ3) is 2.51. The molecule has 1 aromatic carbocycles. The van der Waals surface area contributed by atoms with Crippen molar-refractivity contribution >= 4 is 33.1 Å². The molecule has 0 amide bonds. The van der Waals surface area contributed by atoms with Crippen molar-refractivity contribution in [3.05, 3.63) is 57.1 Å². The number of allylic oxidation sites excluding steroid dienone is 1. The minimum atomic E-state index is -0.370. The monoisotopic (exact) mass is 357 g/mol. The Balaban J connectivity index is 2.14. The van der Waals surface area contributed by atoms with Crippen LogP contribution in [0, 0.1) is 5.82 Å². The lowest BCUT2D eigenvalue weighted by Crippen LogP contribution is -2.26. The van der Waals surface area contributed by atoms with Crippen molar-refractivity contribution in [2.24, 2.45) is 0 Å². The molecule has 1 aliphatic rings. The van der Waals surface area contributed by atoms with E-state index in [4.69, 9.17) is 0 Å². The maximum atomic E-state index is 13.3. The highest BCUT2D eigenvalue weighted by atomic mass is 32.1. The van der Waals surface area contributed by atoms with Crippen LogP contribution in [0.4, 0.5) is 10.1 Å². The largest absolute Gasteiger partial charge is 0.507 e. The van der Waals surface area contributed by atoms with E-state index in [1.54, 1.807) is 22.5 Å². The van der Waals surface area contributed by atoms with Crippen molar-refractivity contribution in [1.82, 2.24) is 9.55 Å². The lowest BCUT2D eigenvalue weighted by molar-refractivity contribution is 0.508. The van der Waals surface area contributed by atoms with Gasteiger partial charge in [0.1, 0.15) is 27.5 Å². The number of thiazole rings is 1. The van der Waals surface area contributed by atoms with Crippen molar-refractivity contribution in [2.45, 2.75) is 12.8 Å². The van der Waals surface area contributed by atoms with Gasteiger partial charge in [0, 0.05) is 14.1 Å². The summed E-state index contributed by atoms with van der Waals surface area (Å²) in [5, 5.41) is 10.6. The van der Waals surface area contributed by atoms with Gasteiger partial charge >= 0.3 is 0 Å². The maximum absolute atomic E-state index is 13.3. The summed E-state index contributed by atoms with van der Waals surface area (Å²) >= 11 is 1.34. The van der Waals surface area contributed by atoms with Crippen LogP contribution in [-0.4, -0.2) is 28.8 Å². The SMILES string of the molecule is CN(C)c1c(C(O)=C2CC2)c(=O)n(-c2ccc(F)cc2)c2scnc12. The summed E-state index contributed by atoms with van der Waals surface area (Å²) in [7, 11) is 3.65. The van der Waals surface area contributed by atoms with Crippen LogP contribution in [-0.2, 0) is 0 Å². The predicted octanol–water partition coefficient (Wildman–Crippen LogP) is 3.72. The number of rotatable bonds is 3. The molecule has 128 valence electrons. The van der Waals surface area contributed by atoms with E-state index in [1.807, 2.05) is 14.1 Å². The van der Waals surface area contributed by atoms with Crippen molar-refractivity contribution in [1.29, 1.82) is 0 Å². The molecule has 2 heterocycles. The topological polar surface area (TPSA) is 58.4 Å². The van der Waals surface area contributed by atoms with Gasteiger partial charge in [0.2, 0.25) is 0 Å². The van der Waals surface area contributed by atoms with Gasteiger partial charge in [-0.15, -0.1) is 11.3 Å². The predicted molar refractivity (Wildman–Crippen MR) is 98.3 cm³/mol. The molecule has 25 heavy (non-hydrogen) atoms. The summed E-state index contributed by atoms with van der Waals surface area (Å²) in [5.74, 6) is -0.329. The fraction of sp³-hybridized carbons (Fsp3) is 0.222. The first kappa shape index (κ1) is 15.8. The molecular weight excluding hydrogens is 341 g/mol. The molecule has 0 bridgehead atoms. The molecule has 1 N–H and O–H groups in total. The molecule has 0 saturated heterocycles. The summed E-state index contributed by atoms with van der Waals surface area (Å²) < 4.78 is 14.8. The molecule has 1 saturated carbocycles. The number of benzene rings is 1. The van der Waals surface area contributed by atoms with Crippen LogP contribution in [0.3, 0.4) is 0 Å². The van der Waals surface area contributed by atoms with Gasteiger partial charge in [0.15, 0.2) is 0 Å². The van der Waals surface area contributed by atoms with Crippen LogP contribution in [0.25, 0.3) is 21.8 Å². The first-order valence-electron chi connectivity index (χ1n) is 7.86. The van der Waals surface area contributed by atoms with E-state index < -0.39 is 0 Å². The average molecular weight is 357 g/mol. The van der Waals surface area contributed by atoms with Crippen LogP contribution in [0.15, 0.2) is 40.1 Å². The quantitative estimate of drug-likeness (QED) is 0.726. The Kier molecular flexibility index (Phi) is 3.61. The molecule has 1 fully saturated rings. The van der Waals surface area contributed by atoms with Gasteiger partial charge in [0.25, 0.3) is 5.56 Å². The standard InChI is InChI=1S/C18H16FN3O2S/c1-21(2)15-13(16(23)10-3-4-10)17(24)22(18-14(15)20-9-25-18)12-7-5-11(19)6-8-12/h5-9,23H,3-4H2,1-2H3. The number of aliphatic hydroxyl groups excluding tert-OH is 1. The van der Waals surface area contributed by atoms with E-state index in [9.17, 15) is 14.3 Å². The third-order valence-corrected chi connectivity index (χ3v) is 5.04. The number of halogens is 1. The normalized spacial score (nSPS) is 13.3. The Morgan fingerprint density at radius 3 is 2.56 bits per heavy atom. The molecule has 7 heteroatoms. The molecule has 3 aromatic rings. The Morgan fingerprint density at radius 2 is 1.96 bits per heavy atom. The van der Waals surface area contributed by atoms with E-state index in [0.29, 0.717) is 21.7 Å². The Morgan fingerprint density at radius 1 is 1.28 bits per heavy atom.